The third-order valence-electron chi connectivity index (χ3n) is 3.88. The van der Waals surface area contributed by atoms with Crippen LogP contribution >= 0.6 is 0 Å². The molecule has 0 aliphatic rings. The Morgan fingerprint density at radius 3 is 2.12 bits per heavy atom. The molecule has 2 unspecified atom stereocenters. The molecule has 0 spiro atoms. The maximum atomic E-state index is 2.43. The van der Waals surface area contributed by atoms with Gasteiger partial charge in [0.15, 0.2) is 0 Å². The molecule has 0 aromatic heterocycles. The number of allylic oxidation sites excluding steroid dienone is 2. The van der Waals surface area contributed by atoms with Crippen molar-refractivity contribution in [3.8, 4) is 0 Å². The van der Waals surface area contributed by atoms with E-state index in [4.69, 9.17) is 0 Å². The lowest BCUT2D eigenvalue weighted by Crippen LogP contribution is -2.18. The van der Waals surface area contributed by atoms with E-state index in [1.807, 2.05) is 0 Å². The summed E-state index contributed by atoms with van der Waals surface area (Å²) in [7, 11) is 0. The van der Waals surface area contributed by atoms with E-state index in [1.165, 1.54) is 25.7 Å². The average Bonchev–Trinajstić information content (AvgIpc) is 2.21. The van der Waals surface area contributed by atoms with E-state index in [-0.39, 0.29) is 0 Å². The monoisotopic (exact) mass is 238 g/mol. The molecule has 0 aliphatic carbocycles. The zero-order valence-corrected chi connectivity index (χ0v) is 13.2. The smallest absolute Gasteiger partial charge is 0.0210 e. The van der Waals surface area contributed by atoms with E-state index < -0.39 is 0 Å². The molecule has 0 rings (SSSR count). The summed E-state index contributed by atoms with van der Waals surface area (Å²) in [6.45, 7) is 16.4. The van der Waals surface area contributed by atoms with Gasteiger partial charge in [0.05, 0.1) is 0 Å². The molecule has 2 atom stereocenters. The molecule has 0 aromatic carbocycles. The topological polar surface area (TPSA) is 0 Å². The van der Waals surface area contributed by atoms with Gasteiger partial charge in [-0.2, -0.15) is 0 Å². The van der Waals surface area contributed by atoms with Crippen molar-refractivity contribution in [1.82, 2.24) is 0 Å². The first-order valence-electron chi connectivity index (χ1n) is 7.45. The van der Waals surface area contributed by atoms with Gasteiger partial charge in [0.25, 0.3) is 0 Å². The quantitative estimate of drug-likeness (QED) is 0.450. The molecule has 0 saturated heterocycles. The summed E-state index contributed by atoms with van der Waals surface area (Å²) in [6, 6.07) is 0. The second-order valence-corrected chi connectivity index (χ2v) is 6.88. The van der Waals surface area contributed by atoms with Crippen LogP contribution in [-0.2, 0) is 0 Å². The third kappa shape index (κ3) is 7.63. The van der Waals surface area contributed by atoms with Gasteiger partial charge in [-0.3, -0.25) is 0 Å². The van der Waals surface area contributed by atoms with Crippen molar-refractivity contribution in [2.75, 3.05) is 0 Å². The Bertz CT molecular complexity index is 210. The van der Waals surface area contributed by atoms with E-state index in [0.29, 0.717) is 5.41 Å². The third-order valence-corrected chi connectivity index (χ3v) is 3.88. The summed E-state index contributed by atoms with van der Waals surface area (Å²) in [5, 5.41) is 0. The van der Waals surface area contributed by atoms with Crippen LogP contribution in [0.15, 0.2) is 12.2 Å². The van der Waals surface area contributed by atoms with Crippen LogP contribution in [0.1, 0.15) is 74.1 Å². The fourth-order valence-corrected chi connectivity index (χ4v) is 3.02. The summed E-state index contributed by atoms with van der Waals surface area (Å²) in [4.78, 5) is 0. The SMILES string of the molecule is CC=CC(CC)C(C)CCC(C)(C)CC(C)C. The van der Waals surface area contributed by atoms with Crippen LogP contribution in [0.2, 0.25) is 0 Å². The van der Waals surface area contributed by atoms with E-state index in [0.717, 1.165) is 17.8 Å². The second-order valence-electron chi connectivity index (χ2n) is 6.88. The summed E-state index contributed by atoms with van der Waals surface area (Å²) >= 11 is 0. The van der Waals surface area contributed by atoms with Crippen molar-refractivity contribution in [2.45, 2.75) is 74.1 Å². The Kier molecular flexibility index (Phi) is 7.83. The number of hydrogen-bond donors (Lipinski definition) is 0. The van der Waals surface area contributed by atoms with Crippen molar-refractivity contribution < 1.29 is 0 Å². The molecule has 0 fully saturated rings. The molecule has 102 valence electrons. The predicted molar refractivity (Wildman–Crippen MR) is 80.2 cm³/mol. The predicted octanol–water partition coefficient (Wildman–Crippen LogP) is 6.08. The standard InChI is InChI=1S/C17H34/c1-8-10-16(9-2)15(5)11-12-17(6,7)13-14(3)4/h8,10,14-16H,9,11-13H2,1-7H3. The lowest BCUT2D eigenvalue weighted by Gasteiger charge is -2.29. The Balaban J connectivity index is 4.16. The second kappa shape index (κ2) is 7.95. The highest BCUT2D eigenvalue weighted by Crippen LogP contribution is 2.34. The number of hydrogen-bond acceptors (Lipinski definition) is 0. The van der Waals surface area contributed by atoms with Crippen LogP contribution in [0.25, 0.3) is 0 Å². The minimum atomic E-state index is 0.511. The summed E-state index contributed by atoms with van der Waals surface area (Å²) in [5.74, 6) is 2.41. The Morgan fingerprint density at radius 2 is 1.71 bits per heavy atom. The molecule has 0 aromatic rings. The van der Waals surface area contributed by atoms with Crippen molar-refractivity contribution in [3.63, 3.8) is 0 Å². The first-order valence-corrected chi connectivity index (χ1v) is 7.45. The van der Waals surface area contributed by atoms with Crippen LogP contribution in [0.5, 0.6) is 0 Å². The minimum Gasteiger partial charge on any atom is -0.0914 e. The van der Waals surface area contributed by atoms with Gasteiger partial charge in [-0.15, -0.1) is 0 Å². The van der Waals surface area contributed by atoms with Crippen LogP contribution in [0.3, 0.4) is 0 Å². The average molecular weight is 238 g/mol. The molecule has 0 bridgehead atoms. The molecular formula is C17H34. The van der Waals surface area contributed by atoms with Gasteiger partial charge in [0, 0.05) is 0 Å². The minimum absolute atomic E-state index is 0.511. The van der Waals surface area contributed by atoms with Crippen LogP contribution in [-0.4, -0.2) is 0 Å². The molecular weight excluding hydrogens is 204 g/mol. The van der Waals surface area contributed by atoms with E-state index in [9.17, 15) is 0 Å². The summed E-state index contributed by atoms with van der Waals surface area (Å²) < 4.78 is 0. The van der Waals surface area contributed by atoms with E-state index in [1.54, 1.807) is 0 Å². The molecule has 0 radical (unpaired) electrons. The Hall–Kier alpha value is -0.260. The Morgan fingerprint density at radius 1 is 1.12 bits per heavy atom. The van der Waals surface area contributed by atoms with Gasteiger partial charge in [0.2, 0.25) is 0 Å². The van der Waals surface area contributed by atoms with Crippen LogP contribution < -0.4 is 0 Å². The zero-order chi connectivity index (χ0) is 13.5. The largest absolute Gasteiger partial charge is 0.0914 e. The maximum Gasteiger partial charge on any atom is -0.0210 e. The lowest BCUT2D eigenvalue weighted by atomic mass is 9.76. The molecule has 17 heavy (non-hydrogen) atoms. The van der Waals surface area contributed by atoms with Gasteiger partial charge in [-0.05, 0) is 55.8 Å². The van der Waals surface area contributed by atoms with Crippen molar-refractivity contribution in [1.29, 1.82) is 0 Å². The highest BCUT2D eigenvalue weighted by Gasteiger charge is 2.21. The van der Waals surface area contributed by atoms with Gasteiger partial charge in [-0.25, -0.2) is 0 Å². The van der Waals surface area contributed by atoms with Crippen molar-refractivity contribution >= 4 is 0 Å². The summed E-state index contributed by atoms with van der Waals surface area (Å²) in [5.41, 5.74) is 0.511. The van der Waals surface area contributed by atoms with Gasteiger partial charge >= 0.3 is 0 Å². The van der Waals surface area contributed by atoms with Crippen LogP contribution in [0.4, 0.5) is 0 Å². The zero-order valence-electron chi connectivity index (χ0n) is 13.2. The fraction of sp³-hybridized carbons (Fsp3) is 0.882. The van der Waals surface area contributed by atoms with E-state index in [2.05, 4.69) is 60.6 Å². The van der Waals surface area contributed by atoms with Gasteiger partial charge < -0.3 is 0 Å². The molecule has 0 amide bonds. The molecule has 0 heteroatoms. The number of rotatable bonds is 8. The molecule has 0 heterocycles. The van der Waals surface area contributed by atoms with Gasteiger partial charge in [0.1, 0.15) is 0 Å². The normalized spacial score (nSPS) is 16.7. The molecule has 0 saturated carbocycles. The van der Waals surface area contributed by atoms with Gasteiger partial charge in [-0.1, -0.05) is 53.7 Å². The Labute approximate surface area is 110 Å². The maximum absolute atomic E-state index is 2.43. The van der Waals surface area contributed by atoms with Crippen LogP contribution in [0, 0.1) is 23.2 Å². The fourth-order valence-electron chi connectivity index (χ4n) is 3.02. The lowest BCUT2D eigenvalue weighted by molar-refractivity contribution is 0.230. The highest BCUT2D eigenvalue weighted by atomic mass is 14.3. The molecule has 0 aliphatic heterocycles. The highest BCUT2D eigenvalue weighted by molar-refractivity contribution is 4.88. The first-order chi connectivity index (χ1) is 7.82. The summed E-state index contributed by atoms with van der Waals surface area (Å²) in [6.07, 6.45) is 9.95. The van der Waals surface area contributed by atoms with Crippen molar-refractivity contribution in [3.05, 3.63) is 12.2 Å². The molecule has 0 N–H and O–H groups in total. The van der Waals surface area contributed by atoms with E-state index >= 15 is 0 Å². The molecule has 0 nitrogen and oxygen atoms in total. The van der Waals surface area contributed by atoms with Crippen molar-refractivity contribution in [2.24, 2.45) is 23.2 Å². The first kappa shape index (κ1) is 16.7.